The van der Waals surface area contributed by atoms with Crippen LogP contribution in [0.1, 0.15) is 45.2 Å². The maximum absolute atomic E-state index is 3.90. The Bertz CT molecular complexity index is 349. The summed E-state index contributed by atoms with van der Waals surface area (Å²) in [6.45, 7) is 6.99. The third-order valence-electron chi connectivity index (χ3n) is 3.62. The highest BCUT2D eigenvalue weighted by atomic mass is 32.2. The van der Waals surface area contributed by atoms with E-state index in [1.165, 1.54) is 29.9 Å². The van der Waals surface area contributed by atoms with E-state index >= 15 is 0 Å². The van der Waals surface area contributed by atoms with Crippen molar-refractivity contribution in [2.45, 2.75) is 45.7 Å². The van der Waals surface area contributed by atoms with Crippen molar-refractivity contribution in [3.8, 4) is 0 Å². The van der Waals surface area contributed by atoms with Crippen LogP contribution in [0.2, 0.25) is 0 Å². The number of nitrogens with one attached hydrogen (secondary N) is 1. The molecule has 18 heavy (non-hydrogen) atoms. The highest BCUT2D eigenvalue weighted by Crippen LogP contribution is 2.34. The molecule has 1 atom stereocenters. The van der Waals surface area contributed by atoms with E-state index in [0.29, 0.717) is 12.1 Å². The highest BCUT2D eigenvalue weighted by Gasteiger charge is 2.28. The normalized spacial score (nSPS) is 19.7. The fourth-order valence-electron chi connectivity index (χ4n) is 2.59. The van der Waals surface area contributed by atoms with Gasteiger partial charge in [0, 0.05) is 12.1 Å². The van der Waals surface area contributed by atoms with Crippen molar-refractivity contribution in [3.63, 3.8) is 0 Å². The van der Waals surface area contributed by atoms with E-state index in [2.05, 4.69) is 68.2 Å². The van der Waals surface area contributed by atoms with E-state index in [9.17, 15) is 0 Å². The van der Waals surface area contributed by atoms with Crippen molar-refractivity contribution in [3.05, 3.63) is 35.9 Å². The van der Waals surface area contributed by atoms with Gasteiger partial charge in [0.05, 0.1) is 0 Å². The van der Waals surface area contributed by atoms with Crippen LogP contribution < -0.4 is 5.32 Å². The summed E-state index contributed by atoms with van der Waals surface area (Å²) in [4.78, 5) is 0. The van der Waals surface area contributed by atoms with Crippen molar-refractivity contribution < 1.29 is 0 Å². The minimum Gasteiger partial charge on any atom is -0.307 e. The van der Waals surface area contributed by atoms with Crippen LogP contribution in [0.15, 0.2) is 30.3 Å². The summed E-state index contributed by atoms with van der Waals surface area (Å²) in [6.07, 6.45) is 2.62. The summed E-state index contributed by atoms with van der Waals surface area (Å²) in [6, 6.07) is 12.0. The van der Waals surface area contributed by atoms with Gasteiger partial charge in [-0.25, -0.2) is 0 Å². The third-order valence-corrected chi connectivity index (χ3v) is 4.67. The number of benzene rings is 1. The molecule has 1 aromatic carbocycles. The molecule has 0 bridgehead atoms. The molecule has 0 aliphatic carbocycles. The predicted molar refractivity (Wildman–Crippen MR) is 82.1 cm³/mol. The summed E-state index contributed by atoms with van der Waals surface area (Å²) >= 11 is 2.09. The van der Waals surface area contributed by atoms with Crippen LogP contribution in [0.3, 0.4) is 0 Å². The lowest BCUT2D eigenvalue weighted by Crippen LogP contribution is -2.41. The van der Waals surface area contributed by atoms with Gasteiger partial charge in [-0.3, -0.25) is 0 Å². The van der Waals surface area contributed by atoms with Gasteiger partial charge in [0.1, 0.15) is 0 Å². The Morgan fingerprint density at radius 1 is 1.11 bits per heavy atom. The van der Waals surface area contributed by atoms with E-state index < -0.39 is 0 Å². The standard InChI is InChI=1S/C16H25NS/c1-16(2,3)15(13-7-5-4-6-8-13)17-14-9-11-18-12-10-14/h4-8,14-15,17H,9-12H2,1-3H3. The molecule has 0 radical (unpaired) electrons. The average molecular weight is 263 g/mol. The number of thioether (sulfide) groups is 1. The number of hydrogen-bond donors (Lipinski definition) is 1. The summed E-state index contributed by atoms with van der Waals surface area (Å²) in [5, 5.41) is 3.90. The van der Waals surface area contributed by atoms with Crippen LogP contribution in [0.25, 0.3) is 0 Å². The molecule has 1 saturated heterocycles. The fraction of sp³-hybridized carbons (Fsp3) is 0.625. The zero-order valence-electron chi connectivity index (χ0n) is 11.8. The Morgan fingerprint density at radius 2 is 1.72 bits per heavy atom. The monoisotopic (exact) mass is 263 g/mol. The summed E-state index contributed by atoms with van der Waals surface area (Å²) in [7, 11) is 0. The average Bonchev–Trinajstić information content (AvgIpc) is 2.37. The summed E-state index contributed by atoms with van der Waals surface area (Å²) in [5.41, 5.74) is 1.68. The smallest absolute Gasteiger partial charge is 0.0371 e. The Morgan fingerprint density at radius 3 is 2.28 bits per heavy atom. The third kappa shape index (κ3) is 3.76. The number of hydrogen-bond acceptors (Lipinski definition) is 2. The molecule has 1 heterocycles. The molecule has 100 valence electrons. The van der Waals surface area contributed by atoms with Gasteiger partial charge in [0.15, 0.2) is 0 Å². The van der Waals surface area contributed by atoms with Gasteiger partial charge in [-0.2, -0.15) is 11.8 Å². The van der Waals surface area contributed by atoms with Gasteiger partial charge in [-0.15, -0.1) is 0 Å². The van der Waals surface area contributed by atoms with Crippen molar-refractivity contribution in [1.82, 2.24) is 5.32 Å². The molecule has 1 aromatic rings. The molecule has 0 saturated carbocycles. The van der Waals surface area contributed by atoms with Crippen LogP contribution in [0.5, 0.6) is 0 Å². The molecule has 1 fully saturated rings. The quantitative estimate of drug-likeness (QED) is 0.874. The number of rotatable bonds is 3. The Hall–Kier alpha value is -0.470. The maximum Gasteiger partial charge on any atom is 0.0371 e. The van der Waals surface area contributed by atoms with Crippen LogP contribution in [0, 0.1) is 5.41 Å². The first-order chi connectivity index (χ1) is 8.57. The fourth-order valence-corrected chi connectivity index (χ4v) is 3.70. The summed E-state index contributed by atoms with van der Waals surface area (Å²) < 4.78 is 0. The SMILES string of the molecule is CC(C)(C)C(NC1CCSCC1)c1ccccc1. The summed E-state index contributed by atoms with van der Waals surface area (Å²) in [5.74, 6) is 2.62. The Balaban J connectivity index is 2.11. The van der Waals surface area contributed by atoms with E-state index in [0.717, 1.165) is 0 Å². The minimum absolute atomic E-state index is 0.256. The van der Waals surface area contributed by atoms with Gasteiger partial charge in [0.25, 0.3) is 0 Å². The Labute approximate surface area is 116 Å². The maximum atomic E-state index is 3.90. The first-order valence-electron chi connectivity index (χ1n) is 6.96. The molecule has 1 nitrogen and oxygen atoms in total. The Kier molecular flexibility index (Phi) is 4.74. The van der Waals surface area contributed by atoms with Crippen molar-refractivity contribution in [1.29, 1.82) is 0 Å². The van der Waals surface area contributed by atoms with Gasteiger partial charge in [-0.05, 0) is 35.3 Å². The molecule has 2 rings (SSSR count). The van der Waals surface area contributed by atoms with Crippen LogP contribution >= 0.6 is 11.8 Å². The molecule has 1 aliphatic rings. The van der Waals surface area contributed by atoms with Crippen molar-refractivity contribution in [2.24, 2.45) is 5.41 Å². The van der Waals surface area contributed by atoms with E-state index in [1.54, 1.807) is 0 Å². The van der Waals surface area contributed by atoms with Gasteiger partial charge < -0.3 is 5.32 Å². The highest BCUT2D eigenvalue weighted by molar-refractivity contribution is 7.99. The minimum atomic E-state index is 0.256. The zero-order chi connectivity index (χ0) is 13.0. The first-order valence-corrected chi connectivity index (χ1v) is 8.11. The zero-order valence-corrected chi connectivity index (χ0v) is 12.6. The molecule has 0 amide bonds. The molecule has 1 unspecified atom stereocenters. The van der Waals surface area contributed by atoms with E-state index in [-0.39, 0.29) is 5.41 Å². The first kappa shape index (κ1) is 14.0. The molecule has 0 spiro atoms. The molecule has 2 heteroatoms. The lowest BCUT2D eigenvalue weighted by Gasteiger charge is -2.36. The van der Waals surface area contributed by atoms with Gasteiger partial charge in [-0.1, -0.05) is 51.1 Å². The van der Waals surface area contributed by atoms with Crippen LogP contribution in [0.4, 0.5) is 0 Å². The largest absolute Gasteiger partial charge is 0.307 e. The second-order valence-electron chi connectivity index (χ2n) is 6.26. The second-order valence-corrected chi connectivity index (χ2v) is 7.49. The van der Waals surface area contributed by atoms with Gasteiger partial charge >= 0.3 is 0 Å². The van der Waals surface area contributed by atoms with E-state index in [1.807, 2.05) is 0 Å². The molecule has 1 N–H and O–H groups in total. The lowest BCUT2D eigenvalue weighted by atomic mass is 9.81. The second kappa shape index (κ2) is 6.12. The van der Waals surface area contributed by atoms with E-state index in [4.69, 9.17) is 0 Å². The molecular formula is C16H25NS. The van der Waals surface area contributed by atoms with Crippen LogP contribution in [-0.4, -0.2) is 17.5 Å². The lowest BCUT2D eigenvalue weighted by molar-refractivity contribution is 0.243. The molecule has 0 aromatic heterocycles. The predicted octanol–water partition coefficient (Wildman–Crippen LogP) is 4.26. The van der Waals surface area contributed by atoms with Crippen LogP contribution in [-0.2, 0) is 0 Å². The topological polar surface area (TPSA) is 12.0 Å². The van der Waals surface area contributed by atoms with Crippen molar-refractivity contribution >= 4 is 11.8 Å². The van der Waals surface area contributed by atoms with Gasteiger partial charge in [0.2, 0.25) is 0 Å². The molecular weight excluding hydrogens is 238 g/mol. The molecule has 1 aliphatic heterocycles. The van der Waals surface area contributed by atoms with Crippen molar-refractivity contribution in [2.75, 3.05) is 11.5 Å².